The predicted molar refractivity (Wildman–Crippen MR) is 75.3 cm³/mol. The number of hydrogen-bond acceptors (Lipinski definition) is 4. The van der Waals surface area contributed by atoms with E-state index in [1.54, 1.807) is 12.1 Å². The number of aromatic nitrogens is 1. The molecule has 0 fully saturated rings. The zero-order chi connectivity index (χ0) is 13.9. The molecule has 4 nitrogen and oxygen atoms in total. The lowest BCUT2D eigenvalue weighted by Crippen LogP contribution is -1.98. The molecule has 0 unspecified atom stereocenters. The standard InChI is InChI=1S/C14H11Cl2NO3/c15-10-2-4-14(16)17-11(10)7-18-6-9-1-3-12-13(5-9)20-8-19-12/h1-5H,6-8H2. The van der Waals surface area contributed by atoms with Gasteiger partial charge in [-0.1, -0.05) is 29.3 Å². The van der Waals surface area contributed by atoms with Gasteiger partial charge < -0.3 is 14.2 Å². The van der Waals surface area contributed by atoms with Gasteiger partial charge in [-0.3, -0.25) is 0 Å². The molecule has 0 radical (unpaired) electrons. The van der Waals surface area contributed by atoms with Gasteiger partial charge in [0, 0.05) is 0 Å². The van der Waals surface area contributed by atoms with Gasteiger partial charge in [-0.15, -0.1) is 0 Å². The summed E-state index contributed by atoms with van der Waals surface area (Å²) in [6.45, 7) is 0.997. The number of rotatable bonds is 4. The van der Waals surface area contributed by atoms with Crippen molar-refractivity contribution in [3.05, 3.63) is 51.8 Å². The second-order valence-corrected chi connectivity index (χ2v) is 5.04. The molecule has 104 valence electrons. The highest BCUT2D eigenvalue weighted by atomic mass is 35.5. The van der Waals surface area contributed by atoms with Gasteiger partial charge in [0.2, 0.25) is 6.79 Å². The van der Waals surface area contributed by atoms with Gasteiger partial charge in [-0.25, -0.2) is 4.98 Å². The third kappa shape index (κ3) is 2.98. The maximum atomic E-state index is 6.02. The predicted octanol–water partition coefficient (Wildman–Crippen LogP) is 3.83. The van der Waals surface area contributed by atoms with Gasteiger partial charge in [0.1, 0.15) is 5.15 Å². The first-order valence-electron chi connectivity index (χ1n) is 5.99. The second-order valence-electron chi connectivity index (χ2n) is 4.24. The number of halogens is 2. The molecule has 20 heavy (non-hydrogen) atoms. The fraction of sp³-hybridized carbons (Fsp3) is 0.214. The molecule has 0 atom stereocenters. The second kappa shape index (κ2) is 5.87. The van der Waals surface area contributed by atoms with E-state index in [-0.39, 0.29) is 6.79 Å². The summed E-state index contributed by atoms with van der Waals surface area (Å²) < 4.78 is 16.2. The van der Waals surface area contributed by atoms with Crippen LogP contribution in [-0.2, 0) is 18.0 Å². The Morgan fingerprint density at radius 3 is 2.80 bits per heavy atom. The van der Waals surface area contributed by atoms with Crippen molar-refractivity contribution in [3.63, 3.8) is 0 Å². The maximum Gasteiger partial charge on any atom is 0.231 e. The van der Waals surface area contributed by atoms with Crippen LogP contribution in [0, 0.1) is 0 Å². The Labute approximate surface area is 126 Å². The quantitative estimate of drug-likeness (QED) is 0.805. The summed E-state index contributed by atoms with van der Waals surface area (Å²) in [5, 5.41) is 0.941. The van der Waals surface area contributed by atoms with Gasteiger partial charge in [0.25, 0.3) is 0 Å². The Bertz CT molecular complexity index is 634. The van der Waals surface area contributed by atoms with Crippen LogP contribution in [0.1, 0.15) is 11.3 Å². The molecule has 0 saturated heterocycles. The number of ether oxygens (including phenoxy) is 3. The maximum absolute atomic E-state index is 6.02. The van der Waals surface area contributed by atoms with Crippen LogP contribution >= 0.6 is 23.2 Å². The molecule has 0 N–H and O–H groups in total. The number of nitrogens with zero attached hydrogens (tertiary/aromatic N) is 1. The summed E-state index contributed by atoms with van der Waals surface area (Å²) >= 11 is 11.8. The largest absolute Gasteiger partial charge is 0.454 e. The highest BCUT2D eigenvalue weighted by molar-refractivity contribution is 6.32. The molecule has 1 aromatic heterocycles. The summed E-state index contributed by atoms with van der Waals surface area (Å²) in [7, 11) is 0. The normalized spacial score (nSPS) is 12.7. The van der Waals surface area contributed by atoms with Gasteiger partial charge >= 0.3 is 0 Å². The van der Waals surface area contributed by atoms with Crippen LogP contribution in [0.2, 0.25) is 10.2 Å². The van der Waals surface area contributed by atoms with Crippen LogP contribution in [0.25, 0.3) is 0 Å². The molecular formula is C14H11Cl2NO3. The van der Waals surface area contributed by atoms with E-state index in [1.807, 2.05) is 18.2 Å². The first-order valence-corrected chi connectivity index (χ1v) is 6.75. The van der Waals surface area contributed by atoms with Crippen LogP contribution in [0.15, 0.2) is 30.3 Å². The molecule has 0 spiro atoms. The molecule has 0 amide bonds. The molecule has 0 aliphatic carbocycles. The molecule has 2 aromatic rings. The van der Waals surface area contributed by atoms with E-state index in [2.05, 4.69) is 4.98 Å². The van der Waals surface area contributed by atoms with Crippen molar-refractivity contribution in [2.75, 3.05) is 6.79 Å². The van der Waals surface area contributed by atoms with E-state index in [4.69, 9.17) is 37.4 Å². The van der Waals surface area contributed by atoms with Crippen molar-refractivity contribution in [1.82, 2.24) is 4.98 Å². The third-order valence-electron chi connectivity index (χ3n) is 2.83. The molecule has 1 aromatic carbocycles. The summed E-state index contributed by atoms with van der Waals surface area (Å²) in [5.74, 6) is 1.50. The van der Waals surface area contributed by atoms with Crippen LogP contribution in [0.5, 0.6) is 11.5 Å². The Kier molecular flexibility index (Phi) is 3.96. The molecular weight excluding hydrogens is 301 g/mol. The summed E-state index contributed by atoms with van der Waals surface area (Å²) in [6.07, 6.45) is 0. The summed E-state index contributed by atoms with van der Waals surface area (Å²) in [5.41, 5.74) is 1.62. The molecule has 6 heteroatoms. The monoisotopic (exact) mass is 311 g/mol. The summed E-state index contributed by atoms with van der Waals surface area (Å²) in [6, 6.07) is 9.04. The van der Waals surface area contributed by atoms with Gasteiger partial charge in [-0.2, -0.15) is 0 Å². The first-order chi connectivity index (χ1) is 9.72. The SMILES string of the molecule is Clc1ccc(Cl)c(COCc2ccc3c(c2)OCO3)n1. The number of hydrogen-bond donors (Lipinski definition) is 0. The smallest absolute Gasteiger partial charge is 0.231 e. The Hall–Kier alpha value is -1.49. The minimum absolute atomic E-state index is 0.266. The molecule has 3 rings (SSSR count). The first kappa shape index (κ1) is 13.5. The molecule has 1 aliphatic heterocycles. The minimum Gasteiger partial charge on any atom is -0.454 e. The van der Waals surface area contributed by atoms with Crippen LogP contribution in [0.4, 0.5) is 0 Å². The third-order valence-corrected chi connectivity index (χ3v) is 3.38. The number of fused-ring (bicyclic) bond motifs is 1. The molecule has 2 heterocycles. The Morgan fingerprint density at radius 1 is 1.05 bits per heavy atom. The van der Waals surface area contributed by atoms with Crippen molar-refractivity contribution in [1.29, 1.82) is 0 Å². The lowest BCUT2D eigenvalue weighted by molar-refractivity contribution is 0.104. The fourth-order valence-corrected chi connectivity index (χ4v) is 2.18. The Morgan fingerprint density at radius 2 is 1.90 bits per heavy atom. The van der Waals surface area contributed by atoms with Gasteiger partial charge in [0.05, 0.1) is 23.9 Å². The average Bonchev–Trinajstić information content (AvgIpc) is 2.90. The van der Waals surface area contributed by atoms with E-state index in [1.165, 1.54) is 0 Å². The van der Waals surface area contributed by atoms with Crippen molar-refractivity contribution in [2.24, 2.45) is 0 Å². The van der Waals surface area contributed by atoms with Crippen molar-refractivity contribution in [3.8, 4) is 11.5 Å². The number of benzene rings is 1. The topological polar surface area (TPSA) is 40.6 Å². The van der Waals surface area contributed by atoms with Crippen LogP contribution in [0.3, 0.4) is 0 Å². The fourth-order valence-electron chi connectivity index (χ4n) is 1.86. The van der Waals surface area contributed by atoms with Crippen LogP contribution in [-0.4, -0.2) is 11.8 Å². The average molecular weight is 312 g/mol. The number of pyridine rings is 1. The zero-order valence-corrected chi connectivity index (χ0v) is 11.9. The van der Waals surface area contributed by atoms with Crippen molar-refractivity contribution in [2.45, 2.75) is 13.2 Å². The minimum atomic E-state index is 0.266. The highest BCUT2D eigenvalue weighted by Crippen LogP contribution is 2.32. The van der Waals surface area contributed by atoms with Crippen molar-refractivity contribution < 1.29 is 14.2 Å². The van der Waals surface area contributed by atoms with E-state index < -0.39 is 0 Å². The Balaban J connectivity index is 1.61. The lowest BCUT2D eigenvalue weighted by atomic mass is 10.2. The van der Waals surface area contributed by atoms with Crippen molar-refractivity contribution >= 4 is 23.2 Å². The molecule has 0 bridgehead atoms. The van der Waals surface area contributed by atoms with E-state index in [9.17, 15) is 0 Å². The van der Waals surface area contributed by atoms with E-state index in [0.29, 0.717) is 29.1 Å². The summed E-state index contributed by atoms with van der Waals surface area (Å²) in [4.78, 5) is 4.13. The van der Waals surface area contributed by atoms with Gasteiger partial charge in [0.15, 0.2) is 11.5 Å². The van der Waals surface area contributed by atoms with Gasteiger partial charge in [-0.05, 0) is 29.8 Å². The molecule has 1 aliphatic rings. The van der Waals surface area contributed by atoms with Crippen LogP contribution < -0.4 is 9.47 Å². The zero-order valence-electron chi connectivity index (χ0n) is 10.4. The van der Waals surface area contributed by atoms with E-state index >= 15 is 0 Å². The van der Waals surface area contributed by atoms with E-state index in [0.717, 1.165) is 17.1 Å². The lowest BCUT2D eigenvalue weighted by Gasteiger charge is -2.06. The molecule has 0 saturated carbocycles. The highest BCUT2D eigenvalue weighted by Gasteiger charge is 2.13.